The van der Waals surface area contributed by atoms with E-state index in [1.807, 2.05) is 17.5 Å². The van der Waals surface area contributed by atoms with Crippen molar-refractivity contribution in [2.45, 2.75) is 31.4 Å². The average Bonchev–Trinajstić information content (AvgIpc) is 3.04. The highest BCUT2D eigenvalue weighted by Gasteiger charge is 2.39. The molecule has 6 heteroatoms. The van der Waals surface area contributed by atoms with Gasteiger partial charge in [-0.2, -0.15) is 0 Å². The van der Waals surface area contributed by atoms with Crippen molar-refractivity contribution in [3.05, 3.63) is 22.4 Å². The Morgan fingerprint density at radius 2 is 2.37 bits per heavy atom. The van der Waals surface area contributed by atoms with Gasteiger partial charge in [-0.05, 0) is 17.9 Å². The second-order valence-electron chi connectivity index (χ2n) is 4.57. The second-order valence-corrected chi connectivity index (χ2v) is 5.61. The van der Waals surface area contributed by atoms with Crippen LogP contribution in [-0.2, 0) is 20.7 Å². The fourth-order valence-corrected chi connectivity index (χ4v) is 3.02. The lowest BCUT2D eigenvalue weighted by molar-refractivity contribution is -0.148. The second kappa shape index (κ2) is 6.16. The summed E-state index contributed by atoms with van der Waals surface area (Å²) in [4.78, 5) is 25.9. The van der Waals surface area contributed by atoms with Crippen LogP contribution in [0.15, 0.2) is 17.5 Å². The van der Waals surface area contributed by atoms with Gasteiger partial charge >= 0.3 is 5.97 Å². The topological polar surface area (TPSA) is 66.8 Å². The highest BCUT2D eigenvalue weighted by Crippen LogP contribution is 2.22. The molecule has 0 spiro atoms. The van der Waals surface area contributed by atoms with Crippen LogP contribution >= 0.6 is 11.3 Å². The number of carboxylic acid groups (broad SMARTS) is 1. The van der Waals surface area contributed by atoms with E-state index in [1.165, 1.54) is 4.90 Å². The summed E-state index contributed by atoms with van der Waals surface area (Å²) in [6.45, 7) is 0.372. The Balaban J connectivity index is 1.94. The Morgan fingerprint density at radius 1 is 1.58 bits per heavy atom. The van der Waals surface area contributed by atoms with Crippen LogP contribution in [0.1, 0.15) is 17.7 Å². The maximum absolute atomic E-state index is 12.1. The number of hydrogen-bond donors (Lipinski definition) is 1. The molecular formula is C13H17NO4S. The van der Waals surface area contributed by atoms with Crippen LogP contribution in [0.25, 0.3) is 0 Å². The van der Waals surface area contributed by atoms with Crippen LogP contribution in [-0.4, -0.2) is 47.7 Å². The zero-order valence-corrected chi connectivity index (χ0v) is 11.6. The van der Waals surface area contributed by atoms with Crippen LogP contribution in [0, 0.1) is 0 Å². The van der Waals surface area contributed by atoms with Gasteiger partial charge in [0.1, 0.15) is 6.04 Å². The zero-order valence-electron chi connectivity index (χ0n) is 10.7. The molecule has 5 nitrogen and oxygen atoms in total. The van der Waals surface area contributed by atoms with Crippen molar-refractivity contribution in [3.63, 3.8) is 0 Å². The van der Waals surface area contributed by atoms with Crippen LogP contribution < -0.4 is 0 Å². The molecule has 1 aromatic rings. The van der Waals surface area contributed by atoms with Gasteiger partial charge in [-0.25, -0.2) is 4.79 Å². The number of methoxy groups -OCH3 is 1. The monoisotopic (exact) mass is 283 g/mol. The molecule has 0 aliphatic carbocycles. The molecule has 1 aromatic heterocycles. The molecule has 1 fully saturated rings. The number of aliphatic carboxylic acids is 1. The molecule has 2 unspecified atom stereocenters. The highest BCUT2D eigenvalue weighted by molar-refractivity contribution is 7.09. The van der Waals surface area contributed by atoms with Crippen molar-refractivity contribution < 1.29 is 19.4 Å². The van der Waals surface area contributed by atoms with Gasteiger partial charge < -0.3 is 14.7 Å². The molecule has 2 heterocycles. The van der Waals surface area contributed by atoms with Gasteiger partial charge in [0.15, 0.2) is 0 Å². The molecule has 0 radical (unpaired) electrons. The minimum absolute atomic E-state index is 0.111. The Bertz CT molecular complexity index is 446. The number of carbonyl (C=O) groups is 2. The van der Waals surface area contributed by atoms with Crippen molar-refractivity contribution in [1.29, 1.82) is 0 Å². The molecule has 0 bridgehead atoms. The summed E-state index contributed by atoms with van der Waals surface area (Å²) in [5.41, 5.74) is 0. The number of likely N-dealkylation sites (tertiary alicyclic amines) is 1. The van der Waals surface area contributed by atoms with Gasteiger partial charge in [0.25, 0.3) is 0 Å². The van der Waals surface area contributed by atoms with E-state index in [-0.39, 0.29) is 12.0 Å². The summed E-state index contributed by atoms with van der Waals surface area (Å²) in [5, 5.41) is 11.1. The molecule has 2 rings (SSSR count). The first-order chi connectivity index (χ1) is 9.11. The number of aryl methyl sites for hydroxylation is 1. The zero-order chi connectivity index (χ0) is 13.8. The summed E-state index contributed by atoms with van der Waals surface area (Å²) in [7, 11) is 1.54. The first kappa shape index (κ1) is 14.0. The first-order valence-electron chi connectivity index (χ1n) is 6.19. The molecule has 1 saturated heterocycles. The fourth-order valence-electron chi connectivity index (χ4n) is 2.31. The van der Waals surface area contributed by atoms with Gasteiger partial charge in [-0.15, -0.1) is 11.3 Å². The third kappa shape index (κ3) is 3.33. The standard InChI is InChI=1S/C13H17NO4S/c1-18-9-7-11(13(16)17)14(8-9)12(15)5-4-10-3-2-6-19-10/h2-3,6,9,11H,4-5,7-8H2,1H3,(H,16,17). The van der Waals surface area contributed by atoms with Crippen molar-refractivity contribution in [2.75, 3.05) is 13.7 Å². The summed E-state index contributed by atoms with van der Waals surface area (Å²) < 4.78 is 5.17. The SMILES string of the molecule is COC1CC(C(=O)O)N(C(=O)CCc2cccs2)C1. The molecule has 1 aliphatic heterocycles. The third-order valence-electron chi connectivity index (χ3n) is 3.37. The van der Waals surface area contributed by atoms with Gasteiger partial charge in [-0.1, -0.05) is 6.07 Å². The lowest BCUT2D eigenvalue weighted by Gasteiger charge is -2.21. The summed E-state index contributed by atoms with van der Waals surface area (Å²) in [6.07, 6.45) is 1.21. The Hall–Kier alpha value is -1.40. The number of hydrogen-bond acceptors (Lipinski definition) is 4. The fraction of sp³-hybridized carbons (Fsp3) is 0.538. The Kier molecular flexibility index (Phi) is 4.55. The number of rotatable bonds is 5. The summed E-state index contributed by atoms with van der Waals surface area (Å²) >= 11 is 1.61. The van der Waals surface area contributed by atoms with E-state index in [2.05, 4.69) is 0 Å². The van der Waals surface area contributed by atoms with Crippen LogP contribution in [0.2, 0.25) is 0 Å². The first-order valence-corrected chi connectivity index (χ1v) is 7.07. The smallest absolute Gasteiger partial charge is 0.326 e. The highest BCUT2D eigenvalue weighted by atomic mass is 32.1. The van der Waals surface area contributed by atoms with Gasteiger partial charge in [-0.3, -0.25) is 4.79 Å². The molecule has 1 amide bonds. The number of amides is 1. The van der Waals surface area contributed by atoms with E-state index in [4.69, 9.17) is 9.84 Å². The normalized spacial score (nSPS) is 22.7. The van der Waals surface area contributed by atoms with Crippen molar-refractivity contribution in [2.24, 2.45) is 0 Å². The van der Waals surface area contributed by atoms with E-state index in [1.54, 1.807) is 18.4 Å². The molecular weight excluding hydrogens is 266 g/mol. The van der Waals surface area contributed by atoms with Crippen molar-refractivity contribution >= 4 is 23.2 Å². The largest absolute Gasteiger partial charge is 0.480 e. The van der Waals surface area contributed by atoms with E-state index in [0.29, 0.717) is 25.8 Å². The minimum atomic E-state index is -0.955. The molecule has 1 aliphatic rings. The maximum Gasteiger partial charge on any atom is 0.326 e. The Labute approximate surface area is 115 Å². The molecule has 0 aromatic carbocycles. The molecule has 2 atom stereocenters. The van der Waals surface area contributed by atoms with Crippen LogP contribution in [0.3, 0.4) is 0 Å². The van der Waals surface area contributed by atoms with E-state index in [0.717, 1.165) is 4.88 Å². The molecule has 104 valence electrons. The number of thiophene rings is 1. The number of carboxylic acids is 1. The van der Waals surface area contributed by atoms with Crippen LogP contribution in [0.5, 0.6) is 0 Å². The van der Waals surface area contributed by atoms with E-state index < -0.39 is 12.0 Å². The van der Waals surface area contributed by atoms with E-state index >= 15 is 0 Å². The maximum atomic E-state index is 12.1. The minimum Gasteiger partial charge on any atom is -0.480 e. The van der Waals surface area contributed by atoms with E-state index in [9.17, 15) is 9.59 Å². The van der Waals surface area contributed by atoms with Crippen molar-refractivity contribution in [3.8, 4) is 0 Å². The molecule has 1 N–H and O–H groups in total. The molecule has 0 saturated carbocycles. The van der Waals surface area contributed by atoms with Crippen LogP contribution in [0.4, 0.5) is 0 Å². The average molecular weight is 283 g/mol. The number of nitrogens with zero attached hydrogens (tertiary/aromatic N) is 1. The Morgan fingerprint density at radius 3 is 2.95 bits per heavy atom. The third-order valence-corrected chi connectivity index (χ3v) is 4.30. The number of carbonyl (C=O) groups excluding carboxylic acids is 1. The number of ether oxygens (including phenoxy) is 1. The predicted molar refractivity (Wildman–Crippen MR) is 71.2 cm³/mol. The summed E-state index contributed by atoms with van der Waals surface area (Å²) in [5.74, 6) is -1.07. The van der Waals surface area contributed by atoms with Gasteiger partial charge in [0, 0.05) is 31.4 Å². The van der Waals surface area contributed by atoms with Crippen molar-refractivity contribution in [1.82, 2.24) is 4.90 Å². The molecule has 19 heavy (non-hydrogen) atoms. The lowest BCUT2D eigenvalue weighted by atomic mass is 10.2. The summed E-state index contributed by atoms with van der Waals surface area (Å²) in [6, 6.07) is 3.18. The lowest BCUT2D eigenvalue weighted by Crippen LogP contribution is -2.40. The van der Waals surface area contributed by atoms with Gasteiger partial charge in [0.2, 0.25) is 5.91 Å². The van der Waals surface area contributed by atoms with Gasteiger partial charge in [0.05, 0.1) is 6.10 Å². The predicted octanol–water partition coefficient (Wildman–Crippen LogP) is 1.38. The quantitative estimate of drug-likeness (QED) is 0.886.